The van der Waals surface area contributed by atoms with Crippen LogP contribution in [-0.4, -0.2) is 0 Å². The van der Waals surface area contributed by atoms with Crippen LogP contribution in [-0.2, 0) is 30.8 Å². The van der Waals surface area contributed by atoms with Gasteiger partial charge in [-0.05, 0) is 48.9 Å². The molecule has 0 spiro atoms. The number of aryl methyl sites for hydroxylation is 2. The van der Waals surface area contributed by atoms with Crippen molar-refractivity contribution in [2.75, 3.05) is 11.5 Å². The van der Waals surface area contributed by atoms with Crippen LogP contribution in [0.5, 0.6) is 0 Å². The number of hydrogen-bond acceptors (Lipinski definition) is 3. The third-order valence-corrected chi connectivity index (χ3v) is 5.07. The lowest BCUT2D eigenvalue weighted by atomic mass is 10.0. The predicted molar refractivity (Wildman–Crippen MR) is 117 cm³/mol. The summed E-state index contributed by atoms with van der Waals surface area (Å²) >= 11 is 0. The van der Waals surface area contributed by atoms with Crippen LogP contribution in [0, 0.1) is 0 Å². The Balaban J connectivity index is 1.83. The molecule has 0 saturated heterocycles. The van der Waals surface area contributed by atoms with Gasteiger partial charge in [0, 0.05) is 22.5 Å². The summed E-state index contributed by atoms with van der Waals surface area (Å²) < 4.78 is 5.88. The Morgan fingerprint density at radius 1 is 0.667 bits per heavy atom. The van der Waals surface area contributed by atoms with Gasteiger partial charge < -0.3 is 16.2 Å². The first-order valence-corrected chi connectivity index (χ1v) is 10.5. The van der Waals surface area contributed by atoms with Crippen molar-refractivity contribution in [3.05, 3.63) is 58.7 Å². The number of benzene rings is 2. The molecule has 0 aromatic heterocycles. The normalized spacial score (nSPS) is 11.0. The fraction of sp³-hybridized carbons (Fsp3) is 0.500. The first kappa shape index (κ1) is 21.3. The molecule has 0 amide bonds. The highest BCUT2D eigenvalue weighted by atomic mass is 16.5. The standard InChI is InChI=1S/C24H36N2O/c1-3-5-7-9-19-11-13-21(23(25)15-19)17-27-18-22-14-12-20(16-24(22)26)10-8-6-4-2/h11-16H,3-10,17-18,25-26H2,1-2H3. The van der Waals surface area contributed by atoms with Gasteiger partial charge >= 0.3 is 0 Å². The summed E-state index contributed by atoms with van der Waals surface area (Å²) in [5.41, 5.74) is 18.8. The van der Waals surface area contributed by atoms with E-state index in [1.165, 1.54) is 49.7 Å². The Hall–Kier alpha value is -2.00. The van der Waals surface area contributed by atoms with E-state index in [-0.39, 0.29) is 0 Å². The summed E-state index contributed by atoms with van der Waals surface area (Å²) in [7, 11) is 0. The second-order valence-corrected chi connectivity index (χ2v) is 7.47. The minimum Gasteiger partial charge on any atom is -0.398 e. The van der Waals surface area contributed by atoms with Crippen LogP contribution in [0.1, 0.15) is 74.6 Å². The van der Waals surface area contributed by atoms with Crippen LogP contribution >= 0.6 is 0 Å². The van der Waals surface area contributed by atoms with E-state index >= 15 is 0 Å². The molecular formula is C24H36N2O. The monoisotopic (exact) mass is 368 g/mol. The van der Waals surface area contributed by atoms with E-state index in [1.807, 2.05) is 0 Å². The number of nitrogen functional groups attached to an aromatic ring is 2. The Bertz CT molecular complexity index is 637. The molecule has 3 heteroatoms. The van der Waals surface area contributed by atoms with Gasteiger partial charge in [0.25, 0.3) is 0 Å². The van der Waals surface area contributed by atoms with E-state index in [4.69, 9.17) is 16.2 Å². The topological polar surface area (TPSA) is 61.3 Å². The van der Waals surface area contributed by atoms with E-state index in [0.29, 0.717) is 13.2 Å². The summed E-state index contributed by atoms with van der Waals surface area (Å²) in [4.78, 5) is 0. The maximum absolute atomic E-state index is 6.21. The van der Waals surface area contributed by atoms with Gasteiger partial charge in [-0.25, -0.2) is 0 Å². The minimum atomic E-state index is 0.513. The SMILES string of the molecule is CCCCCc1ccc(COCc2ccc(CCCCC)cc2N)c(N)c1. The maximum atomic E-state index is 6.21. The van der Waals surface area contributed by atoms with Gasteiger partial charge in [-0.3, -0.25) is 0 Å². The van der Waals surface area contributed by atoms with Crippen molar-refractivity contribution >= 4 is 11.4 Å². The van der Waals surface area contributed by atoms with Crippen LogP contribution in [0.2, 0.25) is 0 Å². The van der Waals surface area contributed by atoms with Crippen LogP contribution in [0.25, 0.3) is 0 Å². The fourth-order valence-corrected chi connectivity index (χ4v) is 3.29. The van der Waals surface area contributed by atoms with E-state index < -0.39 is 0 Å². The Morgan fingerprint density at radius 2 is 1.11 bits per heavy atom. The lowest BCUT2D eigenvalue weighted by molar-refractivity contribution is 0.108. The molecule has 4 N–H and O–H groups in total. The molecule has 0 aliphatic rings. The zero-order chi connectivity index (χ0) is 19.5. The average Bonchev–Trinajstić information content (AvgIpc) is 2.65. The molecule has 0 aliphatic carbocycles. The number of anilines is 2. The highest BCUT2D eigenvalue weighted by Gasteiger charge is 2.05. The molecule has 0 aliphatic heterocycles. The Morgan fingerprint density at radius 3 is 1.48 bits per heavy atom. The van der Waals surface area contributed by atoms with Gasteiger partial charge in [-0.15, -0.1) is 0 Å². The molecule has 0 radical (unpaired) electrons. The molecule has 148 valence electrons. The summed E-state index contributed by atoms with van der Waals surface area (Å²) in [6, 6.07) is 12.7. The molecule has 0 bridgehead atoms. The van der Waals surface area contributed by atoms with Crippen molar-refractivity contribution in [2.45, 2.75) is 78.4 Å². The molecule has 2 aromatic rings. The molecular weight excluding hydrogens is 332 g/mol. The number of ether oxygens (including phenoxy) is 1. The Labute approximate surface area is 165 Å². The summed E-state index contributed by atoms with van der Waals surface area (Å²) in [5.74, 6) is 0. The maximum Gasteiger partial charge on any atom is 0.0741 e. The van der Waals surface area contributed by atoms with Crippen LogP contribution in [0.4, 0.5) is 11.4 Å². The fourth-order valence-electron chi connectivity index (χ4n) is 3.29. The molecule has 0 saturated carbocycles. The quantitative estimate of drug-likeness (QED) is 0.355. The van der Waals surface area contributed by atoms with Crippen LogP contribution < -0.4 is 11.5 Å². The molecule has 0 unspecified atom stereocenters. The zero-order valence-electron chi connectivity index (χ0n) is 17.1. The van der Waals surface area contributed by atoms with Crippen molar-refractivity contribution in [1.82, 2.24) is 0 Å². The summed E-state index contributed by atoms with van der Waals surface area (Å²) in [5, 5.41) is 0. The highest BCUT2D eigenvalue weighted by Crippen LogP contribution is 2.20. The van der Waals surface area contributed by atoms with Gasteiger partial charge in [0.1, 0.15) is 0 Å². The third kappa shape index (κ3) is 7.26. The van der Waals surface area contributed by atoms with Crippen LogP contribution in [0.15, 0.2) is 36.4 Å². The second kappa shape index (κ2) is 11.7. The van der Waals surface area contributed by atoms with Crippen molar-refractivity contribution in [3.8, 4) is 0 Å². The molecule has 0 atom stereocenters. The van der Waals surface area contributed by atoms with Crippen molar-refractivity contribution in [3.63, 3.8) is 0 Å². The second-order valence-electron chi connectivity index (χ2n) is 7.47. The zero-order valence-corrected chi connectivity index (χ0v) is 17.1. The molecule has 3 nitrogen and oxygen atoms in total. The van der Waals surface area contributed by atoms with E-state index in [0.717, 1.165) is 35.3 Å². The molecule has 0 heterocycles. The van der Waals surface area contributed by atoms with Crippen molar-refractivity contribution in [1.29, 1.82) is 0 Å². The van der Waals surface area contributed by atoms with Crippen LogP contribution in [0.3, 0.4) is 0 Å². The van der Waals surface area contributed by atoms with Crippen molar-refractivity contribution < 1.29 is 4.74 Å². The van der Waals surface area contributed by atoms with Gasteiger partial charge in [0.05, 0.1) is 13.2 Å². The lowest BCUT2D eigenvalue weighted by Crippen LogP contribution is -2.02. The first-order valence-electron chi connectivity index (χ1n) is 10.5. The predicted octanol–water partition coefficient (Wildman–Crippen LogP) is 6.03. The number of nitrogens with two attached hydrogens (primary N) is 2. The molecule has 0 fully saturated rings. The van der Waals surface area contributed by atoms with Gasteiger partial charge in [0.15, 0.2) is 0 Å². The summed E-state index contributed by atoms with van der Waals surface area (Å²) in [6.07, 6.45) is 9.65. The van der Waals surface area contributed by atoms with Gasteiger partial charge in [0.2, 0.25) is 0 Å². The third-order valence-electron chi connectivity index (χ3n) is 5.07. The lowest BCUT2D eigenvalue weighted by Gasteiger charge is -2.11. The molecule has 27 heavy (non-hydrogen) atoms. The average molecular weight is 369 g/mol. The van der Waals surface area contributed by atoms with E-state index in [2.05, 4.69) is 50.2 Å². The Kier molecular flexibility index (Phi) is 9.20. The summed E-state index contributed by atoms with van der Waals surface area (Å²) in [6.45, 7) is 5.47. The first-order chi connectivity index (χ1) is 13.1. The van der Waals surface area contributed by atoms with E-state index in [1.54, 1.807) is 0 Å². The van der Waals surface area contributed by atoms with E-state index in [9.17, 15) is 0 Å². The largest absolute Gasteiger partial charge is 0.398 e. The number of unbranched alkanes of at least 4 members (excludes halogenated alkanes) is 4. The molecule has 2 rings (SSSR count). The van der Waals surface area contributed by atoms with Gasteiger partial charge in [-0.2, -0.15) is 0 Å². The minimum absolute atomic E-state index is 0.513. The number of hydrogen-bond donors (Lipinski definition) is 2. The van der Waals surface area contributed by atoms with Gasteiger partial charge in [-0.1, -0.05) is 63.8 Å². The smallest absolute Gasteiger partial charge is 0.0741 e. The molecule has 2 aromatic carbocycles. The highest BCUT2D eigenvalue weighted by molar-refractivity contribution is 5.50. The van der Waals surface area contributed by atoms with Crippen molar-refractivity contribution in [2.24, 2.45) is 0 Å². The number of rotatable bonds is 12.